The number of aromatic nitrogens is 4. The smallest absolute Gasteiger partial charge is 0.327 e. The van der Waals surface area contributed by atoms with Crippen LogP contribution in [0, 0.1) is 0 Å². The number of hydrogen-bond acceptors (Lipinski definition) is 7. The molecule has 1 saturated heterocycles. The number of likely N-dealkylation sites (tertiary alicyclic amines) is 1. The molecular formula is C16H26N6O3. The van der Waals surface area contributed by atoms with Crippen molar-refractivity contribution in [2.24, 2.45) is 0 Å². The van der Waals surface area contributed by atoms with E-state index in [4.69, 9.17) is 15.2 Å². The van der Waals surface area contributed by atoms with E-state index in [-0.39, 0.29) is 23.7 Å². The molecule has 138 valence electrons. The minimum atomic E-state index is -0.241. The van der Waals surface area contributed by atoms with Crippen molar-refractivity contribution >= 4 is 17.0 Å². The molecule has 25 heavy (non-hydrogen) atoms. The van der Waals surface area contributed by atoms with Gasteiger partial charge in [-0.1, -0.05) is 13.3 Å². The molecule has 0 bridgehead atoms. The Morgan fingerprint density at radius 3 is 2.96 bits per heavy atom. The molecule has 9 nitrogen and oxygen atoms in total. The number of hydrogen-bond donors (Lipinski definition) is 2. The van der Waals surface area contributed by atoms with Crippen LogP contribution in [0.1, 0.15) is 32.6 Å². The Labute approximate surface area is 146 Å². The maximum atomic E-state index is 12.3. The van der Waals surface area contributed by atoms with Crippen LogP contribution in [-0.2, 0) is 11.3 Å². The van der Waals surface area contributed by atoms with Gasteiger partial charge in [0.25, 0.3) is 0 Å². The van der Waals surface area contributed by atoms with Crippen LogP contribution >= 0.6 is 0 Å². The molecule has 1 fully saturated rings. The Hall–Kier alpha value is -2.13. The van der Waals surface area contributed by atoms with Gasteiger partial charge in [-0.3, -0.25) is 9.47 Å². The van der Waals surface area contributed by atoms with Crippen molar-refractivity contribution in [2.45, 2.75) is 45.4 Å². The minimum absolute atomic E-state index is 0.119. The van der Waals surface area contributed by atoms with Crippen molar-refractivity contribution in [2.75, 3.05) is 32.5 Å². The Balaban J connectivity index is 1.81. The zero-order chi connectivity index (χ0) is 17.8. The van der Waals surface area contributed by atoms with Crippen molar-refractivity contribution in [1.29, 1.82) is 0 Å². The lowest BCUT2D eigenvalue weighted by Crippen LogP contribution is -2.35. The monoisotopic (exact) mass is 350 g/mol. The van der Waals surface area contributed by atoms with Gasteiger partial charge >= 0.3 is 11.7 Å². The van der Waals surface area contributed by atoms with E-state index in [0.717, 1.165) is 32.2 Å². The summed E-state index contributed by atoms with van der Waals surface area (Å²) in [5.74, 6) is 0.225. The van der Waals surface area contributed by atoms with Crippen molar-refractivity contribution in [3.8, 4) is 6.01 Å². The predicted octanol–water partition coefficient (Wildman–Crippen LogP) is 0.949. The van der Waals surface area contributed by atoms with Gasteiger partial charge in [-0.25, -0.2) is 4.79 Å². The first-order valence-electron chi connectivity index (χ1n) is 8.79. The second-order valence-corrected chi connectivity index (χ2v) is 6.24. The number of rotatable bonds is 8. The van der Waals surface area contributed by atoms with Crippen LogP contribution in [0.25, 0.3) is 11.2 Å². The molecule has 0 aliphatic carbocycles. The number of methoxy groups -OCH3 is 1. The molecule has 1 unspecified atom stereocenters. The van der Waals surface area contributed by atoms with Gasteiger partial charge in [0.1, 0.15) is 11.7 Å². The highest BCUT2D eigenvalue weighted by Crippen LogP contribution is 2.20. The molecule has 2 aromatic rings. The summed E-state index contributed by atoms with van der Waals surface area (Å²) in [6.45, 7) is 4.79. The maximum absolute atomic E-state index is 12.3. The molecule has 0 amide bonds. The van der Waals surface area contributed by atoms with E-state index in [1.807, 2.05) is 0 Å². The average Bonchev–Trinajstić information content (AvgIpc) is 3.17. The summed E-state index contributed by atoms with van der Waals surface area (Å²) in [6, 6.07) is 0.210. The van der Waals surface area contributed by atoms with Gasteiger partial charge in [-0.05, 0) is 19.3 Å². The molecule has 0 aromatic carbocycles. The van der Waals surface area contributed by atoms with E-state index in [9.17, 15) is 4.79 Å². The average molecular weight is 350 g/mol. The van der Waals surface area contributed by atoms with Gasteiger partial charge in [0.15, 0.2) is 11.5 Å². The van der Waals surface area contributed by atoms with E-state index < -0.39 is 0 Å². The number of nitrogens with one attached hydrogen (secondary N) is 1. The molecule has 3 rings (SSSR count). The van der Waals surface area contributed by atoms with Crippen LogP contribution in [0.4, 0.5) is 5.82 Å². The SMILES string of the molecule is CCCCOc1nc(N)c2[nH]c(=O)n(CCN3CCCC3OC)c2n1. The van der Waals surface area contributed by atoms with Crippen LogP contribution in [0.2, 0.25) is 0 Å². The summed E-state index contributed by atoms with van der Waals surface area (Å²) in [5, 5.41) is 0. The lowest BCUT2D eigenvalue weighted by Gasteiger charge is -2.22. The van der Waals surface area contributed by atoms with Crippen molar-refractivity contribution in [3.05, 3.63) is 10.5 Å². The third kappa shape index (κ3) is 3.77. The lowest BCUT2D eigenvalue weighted by atomic mass is 10.4. The van der Waals surface area contributed by atoms with Crippen molar-refractivity contribution in [3.63, 3.8) is 0 Å². The molecule has 0 radical (unpaired) electrons. The summed E-state index contributed by atoms with van der Waals surface area (Å²) in [4.78, 5) is 25.8. The summed E-state index contributed by atoms with van der Waals surface area (Å²) >= 11 is 0. The largest absolute Gasteiger partial charge is 0.463 e. The fraction of sp³-hybridized carbons (Fsp3) is 0.688. The number of nitrogen functional groups attached to an aromatic ring is 1. The number of H-pyrrole nitrogens is 1. The van der Waals surface area contributed by atoms with Crippen LogP contribution in [0.5, 0.6) is 6.01 Å². The molecule has 1 aliphatic rings. The highest BCUT2D eigenvalue weighted by atomic mass is 16.5. The molecule has 3 heterocycles. The van der Waals surface area contributed by atoms with Crippen LogP contribution in [-0.4, -0.2) is 57.5 Å². The normalized spacial score (nSPS) is 18.2. The molecule has 3 N–H and O–H groups in total. The number of nitrogens with two attached hydrogens (primary N) is 1. The van der Waals surface area contributed by atoms with Crippen LogP contribution in [0.15, 0.2) is 4.79 Å². The van der Waals surface area contributed by atoms with E-state index in [1.165, 1.54) is 0 Å². The highest BCUT2D eigenvalue weighted by Gasteiger charge is 2.24. The zero-order valence-corrected chi connectivity index (χ0v) is 14.8. The lowest BCUT2D eigenvalue weighted by molar-refractivity contribution is -0.00513. The van der Waals surface area contributed by atoms with Gasteiger partial charge in [-0.15, -0.1) is 0 Å². The van der Waals surface area contributed by atoms with Gasteiger partial charge in [0.2, 0.25) is 0 Å². The third-order valence-corrected chi connectivity index (χ3v) is 4.55. The first-order chi connectivity index (χ1) is 12.1. The molecule has 0 spiro atoms. The zero-order valence-electron chi connectivity index (χ0n) is 14.8. The van der Waals surface area contributed by atoms with E-state index >= 15 is 0 Å². The Morgan fingerprint density at radius 1 is 1.36 bits per heavy atom. The molecule has 0 saturated carbocycles. The van der Waals surface area contributed by atoms with E-state index in [2.05, 4.69) is 26.8 Å². The Bertz CT molecular complexity index is 771. The van der Waals surface area contributed by atoms with Crippen LogP contribution < -0.4 is 16.2 Å². The fourth-order valence-electron chi connectivity index (χ4n) is 3.16. The minimum Gasteiger partial charge on any atom is -0.463 e. The number of imidazole rings is 1. The Kier molecular flexibility index (Phi) is 5.54. The fourth-order valence-corrected chi connectivity index (χ4v) is 3.16. The maximum Gasteiger partial charge on any atom is 0.327 e. The van der Waals surface area contributed by atoms with Crippen LogP contribution in [0.3, 0.4) is 0 Å². The number of ether oxygens (including phenoxy) is 2. The molecule has 1 aliphatic heterocycles. The first-order valence-corrected chi connectivity index (χ1v) is 8.79. The number of aromatic amines is 1. The summed E-state index contributed by atoms with van der Waals surface area (Å²) in [5.41, 5.74) is 6.66. The summed E-state index contributed by atoms with van der Waals surface area (Å²) in [6.07, 6.45) is 4.17. The number of anilines is 1. The van der Waals surface area contributed by atoms with Crippen molar-refractivity contribution in [1.82, 2.24) is 24.4 Å². The first kappa shape index (κ1) is 17.7. The topological polar surface area (TPSA) is 111 Å². The van der Waals surface area contributed by atoms with E-state index in [0.29, 0.717) is 30.9 Å². The second kappa shape index (κ2) is 7.83. The van der Waals surface area contributed by atoms with E-state index in [1.54, 1.807) is 11.7 Å². The molecular weight excluding hydrogens is 324 g/mol. The number of unbranched alkanes of at least 4 members (excludes halogenated alkanes) is 1. The molecule has 2 aromatic heterocycles. The Morgan fingerprint density at radius 2 is 2.20 bits per heavy atom. The summed E-state index contributed by atoms with van der Waals surface area (Å²) < 4.78 is 12.6. The third-order valence-electron chi connectivity index (χ3n) is 4.55. The molecule has 9 heteroatoms. The van der Waals surface area contributed by atoms with Gasteiger partial charge < -0.3 is 20.2 Å². The number of nitrogens with zero attached hydrogens (tertiary/aromatic N) is 4. The summed E-state index contributed by atoms with van der Waals surface area (Å²) in [7, 11) is 1.72. The standard InChI is InChI=1S/C16H26N6O3/c1-3-4-10-25-15-19-13(17)12-14(20-15)22(16(23)18-12)9-8-21-7-5-6-11(21)24-2/h11H,3-10H2,1-2H3,(H,18,23)(H2,17,19,20). The quantitative estimate of drug-likeness (QED) is 0.682. The van der Waals surface area contributed by atoms with Gasteiger partial charge in [0.05, 0.1) is 6.61 Å². The highest BCUT2D eigenvalue weighted by molar-refractivity contribution is 5.81. The van der Waals surface area contributed by atoms with Crippen molar-refractivity contribution < 1.29 is 9.47 Å². The second-order valence-electron chi connectivity index (χ2n) is 6.24. The predicted molar refractivity (Wildman–Crippen MR) is 94.6 cm³/mol. The molecule has 1 atom stereocenters. The number of fused-ring (bicyclic) bond motifs is 1. The van der Waals surface area contributed by atoms with Gasteiger partial charge in [0, 0.05) is 26.7 Å². The van der Waals surface area contributed by atoms with Gasteiger partial charge in [-0.2, -0.15) is 9.97 Å².